The van der Waals surface area contributed by atoms with Crippen LogP contribution in [-0.2, 0) is 13.1 Å². The van der Waals surface area contributed by atoms with E-state index < -0.39 is 5.91 Å². The van der Waals surface area contributed by atoms with Crippen molar-refractivity contribution < 1.29 is 14.4 Å². The lowest BCUT2D eigenvalue weighted by atomic mass is 10.1. The second kappa shape index (κ2) is 9.09. The minimum Gasteiger partial charge on any atom is -0.321 e. The molecule has 0 spiro atoms. The Morgan fingerprint density at radius 1 is 0.939 bits per heavy atom. The average Bonchev–Trinajstić information content (AvgIpc) is 3.53. The smallest absolute Gasteiger partial charge is 0.265 e. The van der Waals surface area contributed by atoms with Gasteiger partial charge >= 0.3 is 0 Å². The van der Waals surface area contributed by atoms with Crippen LogP contribution in [0.25, 0.3) is 0 Å². The van der Waals surface area contributed by atoms with Crippen LogP contribution in [0.1, 0.15) is 54.4 Å². The minimum atomic E-state index is -0.403. The summed E-state index contributed by atoms with van der Waals surface area (Å²) in [5.41, 5.74) is 2.93. The highest BCUT2D eigenvalue weighted by Crippen LogP contribution is 2.31. The van der Waals surface area contributed by atoms with E-state index in [1.54, 1.807) is 30.3 Å². The summed E-state index contributed by atoms with van der Waals surface area (Å²) in [7, 11) is 0. The van der Waals surface area contributed by atoms with Crippen LogP contribution in [-0.4, -0.2) is 40.6 Å². The molecule has 8 heteroatoms. The summed E-state index contributed by atoms with van der Waals surface area (Å²) in [5.74, 6) is -1.12. The molecule has 1 saturated heterocycles. The third-order valence-electron chi connectivity index (χ3n) is 5.98. The Bertz CT molecular complexity index is 1250. The van der Waals surface area contributed by atoms with Crippen molar-refractivity contribution in [2.24, 2.45) is 0 Å². The van der Waals surface area contributed by atoms with Gasteiger partial charge < -0.3 is 5.32 Å². The fraction of sp³-hybridized carbons (Fsp3) is 0.240. The summed E-state index contributed by atoms with van der Waals surface area (Å²) in [6.45, 7) is 3.27. The number of fused-ring (bicyclic) bond motifs is 1. The highest BCUT2D eigenvalue weighted by Gasteiger charge is 2.37. The first-order valence-corrected chi connectivity index (χ1v) is 12.0. The van der Waals surface area contributed by atoms with Gasteiger partial charge in [-0.25, -0.2) is 0 Å². The third-order valence-corrected chi connectivity index (χ3v) is 7.21. The Morgan fingerprint density at radius 3 is 2.39 bits per heavy atom. The zero-order valence-electron chi connectivity index (χ0n) is 17.8. The van der Waals surface area contributed by atoms with Crippen LogP contribution in [0.4, 0.5) is 5.69 Å². The van der Waals surface area contributed by atoms with Gasteiger partial charge in [-0.05, 0) is 61.3 Å². The molecule has 0 bridgehead atoms. The average molecular weight is 480 g/mol. The molecule has 1 N–H and O–H groups in total. The number of rotatable bonds is 6. The Kier molecular flexibility index (Phi) is 6.01. The van der Waals surface area contributed by atoms with Gasteiger partial charge in [0.25, 0.3) is 17.7 Å². The number of hydrogen-bond acceptors (Lipinski definition) is 5. The van der Waals surface area contributed by atoms with Gasteiger partial charge in [-0.15, -0.1) is 11.3 Å². The normalized spacial score (nSPS) is 15.8. The van der Waals surface area contributed by atoms with Crippen molar-refractivity contribution in [1.82, 2.24) is 9.80 Å². The number of carbonyl (C=O) groups excluding carboxylic acids is 3. The topological polar surface area (TPSA) is 69.7 Å². The number of halogens is 1. The van der Waals surface area contributed by atoms with E-state index in [0.29, 0.717) is 20.5 Å². The lowest BCUT2D eigenvalue weighted by Crippen LogP contribution is -2.29. The fourth-order valence-corrected chi connectivity index (χ4v) is 5.35. The number of imide groups is 1. The zero-order valence-corrected chi connectivity index (χ0v) is 19.4. The quantitative estimate of drug-likeness (QED) is 0.502. The first-order valence-electron chi connectivity index (χ1n) is 10.9. The molecule has 0 atom stereocenters. The van der Waals surface area contributed by atoms with Crippen LogP contribution < -0.4 is 5.32 Å². The minimum absolute atomic E-state index is 0.189. The summed E-state index contributed by atoms with van der Waals surface area (Å²) in [5, 5.41) is 2.76. The van der Waals surface area contributed by atoms with Crippen LogP contribution >= 0.6 is 22.9 Å². The van der Waals surface area contributed by atoms with Crippen molar-refractivity contribution in [3.05, 3.63) is 86.1 Å². The van der Waals surface area contributed by atoms with Crippen molar-refractivity contribution in [3.8, 4) is 0 Å². The number of anilines is 1. The van der Waals surface area contributed by atoms with Gasteiger partial charge in [-0.2, -0.15) is 0 Å². The van der Waals surface area contributed by atoms with E-state index in [9.17, 15) is 14.4 Å². The lowest BCUT2D eigenvalue weighted by Gasteiger charge is -2.17. The molecule has 0 radical (unpaired) electrons. The van der Waals surface area contributed by atoms with Gasteiger partial charge in [0.15, 0.2) is 0 Å². The van der Waals surface area contributed by atoms with E-state index in [0.717, 1.165) is 36.5 Å². The fourth-order valence-electron chi connectivity index (χ4n) is 4.41. The molecule has 2 aliphatic heterocycles. The van der Waals surface area contributed by atoms with E-state index in [1.165, 1.54) is 23.3 Å². The van der Waals surface area contributed by atoms with Crippen molar-refractivity contribution >= 4 is 46.3 Å². The van der Waals surface area contributed by atoms with Crippen molar-refractivity contribution in [2.75, 3.05) is 18.4 Å². The van der Waals surface area contributed by atoms with Crippen LogP contribution in [0.3, 0.4) is 0 Å². The lowest BCUT2D eigenvalue weighted by molar-refractivity contribution is 0.0642. The molecule has 5 rings (SSSR count). The van der Waals surface area contributed by atoms with Crippen LogP contribution in [0, 0.1) is 0 Å². The molecular formula is C25H22ClN3O3S. The number of likely N-dealkylation sites (tertiary alicyclic amines) is 1. The number of thiophene rings is 1. The third kappa shape index (κ3) is 4.44. The number of nitrogens with one attached hydrogen (secondary N) is 1. The van der Waals surface area contributed by atoms with Gasteiger partial charge in [0.1, 0.15) is 0 Å². The maximum Gasteiger partial charge on any atom is 0.265 e. The molecule has 6 nitrogen and oxygen atoms in total. The summed E-state index contributed by atoms with van der Waals surface area (Å²) >= 11 is 7.08. The Balaban J connectivity index is 1.35. The van der Waals surface area contributed by atoms with Gasteiger partial charge in [0.05, 0.1) is 32.6 Å². The standard InChI is InChI=1S/C25H22ClN3O3S/c26-21-10-9-20(33-21)23(30)27-19-8-4-7-18-22(19)25(32)29(24(18)31)15-17-6-3-5-16(13-17)14-28-11-1-2-12-28/h3-10,13H,1-2,11-12,14-15H2,(H,27,30). The van der Waals surface area contributed by atoms with E-state index in [4.69, 9.17) is 11.6 Å². The monoisotopic (exact) mass is 479 g/mol. The highest BCUT2D eigenvalue weighted by atomic mass is 35.5. The van der Waals surface area contributed by atoms with E-state index in [-0.39, 0.29) is 23.9 Å². The maximum absolute atomic E-state index is 13.2. The molecule has 1 fully saturated rings. The predicted molar refractivity (Wildman–Crippen MR) is 129 cm³/mol. The number of hydrogen-bond donors (Lipinski definition) is 1. The Hall–Kier alpha value is -3.00. The molecule has 33 heavy (non-hydrogen) atoms. The van der Waals surface area contributed by atoms with E-state index in [2.05, 4.69) is 22.3 Å². The van der Waals surface area contributed by atoms with Crippen LogP contribution in [0.5, 0.6) is 0 Å². The van der Waals surface area contributed by atoms with Crippen LogP contribution in [0.2, 0.25) is 4.34 Å². The van der Waals surface area contributed by atoms with Gasteiger partial charge in [0, 0.05) is 6.54 Å². The highest BCUT2D eigenvalue weighted by molar-refractivity contribution is 7.18. The van der Waals surface area contributed by atoms with E-state index in [1.807, 2.05) is 12.1 Å². The first kappa shape index (κ1) is 21.8. The Morgan fingerprint density at radius 2 is 1.67 bits per heavy atom. The summed E-state index contributed by atoms with van der Waals surface area (Å²) < 4.78 is 0.503. The van der Waals surface area contributed by atoms with Crippen molar-refractivity contribution in [1.29, 1.82) is 0 Å². The van der Waals surface area contributed by atoms with Gasteiger partial charge in [-0.1, -0.05) is 41.9 Å². The summed E-state index contributed by atoms with van der Waals surface area (Å²) in [4.78, 5) is 43.0. The molecular weight excluding hydrogens is 458 g/mol. The molecule has 3 heterocycles. The summed E-state index contributed by atoms with van der Waals surface area (Å²) in [6, 6.07) is 16.2. The number of carbonyl (C=O) groups is 3. The molecule has 3 amide bonds. The van der Waals surface area contributed by atoms with E-state index >= 15 is 0 Å². The summed E-state index contributed by atoms with van der Waals surface area (Å²) in [6.07, 6.45) is 2.46. The number of benzene rings is 2. The molecule has 2 aliphatic rings. The number of nitrogens with zero attached hydrogens (tertiary/aromatic N) is 2. The SMILES string of the molecule is O=C(Nc1cccc2c1C(=O)N(Cc1cccc(CN3CCCC3)c1)C2=O)c1ccc(Cl)s1. The van der Waals surface area contributed by atoms with Crippen LogP contribution in [0.15, 0.2) is 54.6 Å². The van der Waals surface area contributed by atoms with Gasteiger partial charge in [-0.3, -0.25) is 24.2 Å². The number of amides is 3. The molecule has 0 unspecified atom stereocenters. The predicted octanol–water partition coefficient (Wildman–Crippen LogP) is 5.05. The molecule has 2 aromatic carbocycles. The Labute approximate surface area is 200 Å². The maximum atomic E-state index is 13.2. The molecule has 168 valence electrons. The second-order valence-electron chi connectivity index (χ2n) is 8.29. The molecule has 0 saturated carbocycles. The molecule has 0 aliphatic carbocycles. The zero-order chi connectivity index (χ0) is 22.9. The van der Waals surface area contributed by atoms with Gasteiger partial charge in [0.2, 0.25) is 0 Å². The first-order chi connectivity index (χ1) is 16.0. The second-order valence-corrected chi connectivity index (χ2v) is 10.0. The molecule has 1 aromatic heterocycles. The van der Waals surface area contributed by atoms with Crippen molar-refractivity contribution in [3.63, 3.8) is 0 Å². The largest absolute Gasteiger partial charge is 0.321 e. The van der Waals surface area contributed by atoms with Crippen molar-refractivity contribution in [2.45, 2.75) is 25.9 Å². The molecule has 3 aromatic rings.